The second-order valence-electron chi connectivity index (χ2n) is 4.46. The zero-order valence-electron chi connectivity index (χ0n) is 12.2. The van der Waals surface area contributed by atoms with Gasteiger partial charge in [0.15, 0.2) is 0 Å². The van der Waals surface area contributed by atoms with Crippen LogP contribution in [0.25, 0.3) is 0 Å². The van der Waals surface area contributed by atoms with Gasteiger partial charge in [-0.05, 0) is 25.8 Å². The molecule has 0 saturated heterocycles. The number of nitrogens with one attached hydrogen (secondary N) is 1. The zero-order valence-corrected chi connectivity index (χ0v) is 13.8. The van der Waals surface area contributed by atoms with Gasteiger partial charge in [-0.3, -0.25) is 4.79 Å². The summed E-state index contributed by atoms with van der Waals surface area (Å²) in [6, 6.07) is 0. The molecule has 0 saturated carbocycles. The standard InChI is InChI=1S/C14H20ClNO3S/c1-5-10-9(4)20-13(11(10)14(18)19-6-2)16-12(17)8(3)7-15/h8H,5-7H2,1-4H3,(H,16,17). The molecule has 1 heterocycles. The molecule has 0 aromatic carbocycles. The van der Waals surface area contributed by atoms with Crippen molar-refractivity contribution in [2.75, 3.05) is 17.8 Å². The minimum absolute atomic E-state index is 0.186. The first kappa shape index (κ1) is 17.0. The molecule has 4 nitrogen and oxygen atoms in total. The Morgan fingerprint density at radius 1 is 1.40 bits per heavy atom. The summed E-state index contributed by atoms with van der Waals surface area (Å²) >= 11 is 7.08. The minimum Gasteiger partial charge on any atom is -0.462 e. The molecule has 0 aliphatic carbocycles. The molecule has 0 spiro atoms. The smallest absolute Gasteiger partial charge is 0.341 e. The number of ether oxygens (including phenoxy) is 1. The van der Waals surface area contributed by atoms with E-state index in [9.17, 15) is 9.59 Å². The summed E-state index contributed by atoms with van der Waals surface area (Å²) in [7, 11) is 0. The number of amides is 1. The van der Waals surface area contributed by atoms with E-state index in [-0.39, 0.29) is 23.7 Å². The van der Waals surface area contributed by atoms with Gasteiger partial charge in [0.1, 0.15) is 5.00 Å². The molecule has 0 bridgehead atoms. The van der Waals surface area contributed by atoms with Crippen LogP contribution in [0.4, 0.5) is 5.00 Å². The van der Waals surface area contributed by atoms with Gasteiger partial charge in [0, 0.05) is 16.7 Å². The van der Waals surface area contributed by atoms with Crippen LogP contribution in [0.5, 0.6) is 0 Å². The SMILES string of the molecule is CCOC(=O)c1c(NC(=O)C(C)CCl)sc(C)c1CC. The van der Waals surface area contributed by atoms with Crippen molar-refractivity contribution in [3.63, 3.8) is 0 Å². The minimum atomic E-state index is -0.387. The van der Waals surface area contributed by atoms with Gasteiger partial charge in [0.2, 0.25) is 5.91 Å². The number of esters is 1. The van der Waals surface area contributed by atoms with Crippen molar-refractivity contribution in [3.05, 3.63) is 16.0 Å². The van der Waals surface area contributed by atoms with E-state index >= 15 is 0 Å². The number of hydrogen-bond donors (Lipinski definition) is 1. The number of carbonyl (C=O) groups excluding carboxylic acids is 2. The van der Waals surface area contributed by atoms with Gasteiger partial charge in [0.05, 0.1) is 12.2 Å². The molecule has 0 radical (unpaired) electrons. The number of aryl methyl sites for hydroxylation is 1. The summed E-state index contributed by atoms with van der Waals surface area (Å²) in [5, 5.41) is 3.35. The Morgan fingerprint density at radius 3 is 2.55 bits per heavy atom. The van der Waals surface area contributed by atoms with Crippen LogP contribution in [0, 0.1) is 12.8 Å². The van der Waals surface area contributed by atoms with Crippen LogP contribution in [-0.4, -0.2) is 24.4 Å². The molecule has 1 aromatic rings. The van der Waals surface area contributed by atoms with Crippen LogP contribution in [0.1, 0.15) is 41.6 Å². The Balaban J connectivity index is 3.12. The molecule has 6 heteroatoms. The van der Waals surface area contributed by atoms with Gasteiger partial charge < -0.3 is 10.1 Å². The molecule has 1 unspecified atom stereocenters. The molecule has 0 aliphatic rings. The first-order valence-corrected chi connectivity index (χ1v) is 7.97. The molecule has 0 fully saturated rings. The number of hydrogen-bond acceptors (Lipinski definition) is 4. The topological polar surface area (TPSA) is 55.4 Å². The summed E-state index contributed by atoms with van der Waals surface area (Å²) < 4.78 is 5.08. The van der Waals surface area contributed by atoms with Crippen LogP contribution in [-0.2, 0) is 16.0 Å². The van der Waals surface area contributed by atoms with Gasteiger partial charge >= 0.3 is 5.97 Å². The monoisotopic (exact) mass is 317 g/mol. The lowest BCUT2D eigenvalue weighted by atomic mass is 10.1. The van der Waals surface area contributed by atoms with E-state index in [1.807, 2.05) is 13.8 Å². The molecular weight excluding hydrogens is 298 g/mol. The highest BCUT2D eigenvalue weighted by Crippen LogP contribution is 2.34. The third-order valence-electron chi connectivity index (χ3n) is 2.96. The molecule has 1 atom stereocenters. The van der Waals surface area contributed by atoms with E-state index in [0.29, 0.717) is 17.2 Å². The van der Waals surface area contributed by atoms with Crippen LogP contribution in [0.15, 0.2) is 0 Å². The average Bonchev–Trinajstić information content (AvgIpc) is 2.73. The predicted molar refractivity (Wildman–Crippen MR) is 82.9 cm³/mol. The van der Waals surface area contributed by atoms with E-state index in [0.717, 1.165) is 16.9 Å². The van der Waals surface area contributed by atoms with E-state index in [1.54, 1.807) is 13.8 Å². The Bertz CT molecular complexity index is 499. The fourth-order valence-corrected chi connectivity index (χ4v) is 3.09. The average molecular weight is 318 g/mol. The maximum absolute atomic E-state index is 12.1. The molecule has 1 N–H and O–H groups in total. The summed E-state index contributed by atoms with van der Waals surface area (Å²) in [5.41, 5.74) is 1.41. The highest BCUT2D eigenvalue weighted by molar-refractivity contribution is 7.16. The van der Waals surface area contributed by atoms with E-state index in [4.69, 9.17) is 16.3 Å². The molecular formula is C14H20ClNO3S. The van der Waals surface area contributed by atoms with Crippen LogP contribution < -0.4 is 5.32 Å². The van der Waals surface area contributed by atoms with Crippen LogP contribution in [0.3, 0.4) is 0 Å². The van der Waals surface area contributed by atoms with Crippen molar-refractivity contribution >= 4 is 39.8 Å². The summed E-state index contributed by atoms with van der Waals surface area (Å²) in [4.78, 5) is 25.0. The maximum Gasteiger partial charge on any atom is 0.341 e. The second-order valence-corrected chi connectivity index (χ2v) is 5.99. The fourth-order valence-electron chi connectivity index (χ4n) is 1.82. The van der Waals surface area contributed by atoms with Crippen molar-refractivity contribution in [2.24, 2.45) is 5.92 Å². The van der Waals surface area contributed by atoms with Crippen LogP contribution >= 0.6 is 22.9 Å². The van der Waals surface area contributed by atoms with Gasteiger partial charge in [-0.1, -0.05) is 13.8 Å². The first-order valence-electron chi connectivity index (χ1n) is 6.62. The largest absolute Gasteiger partial charge is 0.462 e. The van der Waals surface area contributed by atoms with Crippen molar-refractivity contribution in [1.29, 1.82) is 0 Å². The van der Waals surface area contributed by atoms with Gasteiger partial charge in [-0.2, -0.15) is 0 Å². The number of halogens is 1. The lowest BCUT2D eigenvalue weighted by Gasteiger charge is -2.10. The Kier molecular flexibility index (Phi) is 6.49. The third-order valence-corrected chi connectivity index (χ3v) is 4.48. The van der Waals surface area contributed by atoms with E-state index < -0.39 is 0 Å². The van der Waals surface area contributed by atoms with Gasteiger partial charge in [-0.25, -0.2) is 4.79 Å². The highest BCUT2D eigenvalue weighted by Gasteiger charge is 2.24. The van der Waals surface area contributed by atoms with Crippen molar-refractivity contribution < 1.29 is 14.3 Å². The summed E-state index contributed by atoms with van der Waals surface area (Å²) in [5.74, 6) is -0.637. The van der Waals surface area contributed by atoms with Crippen molar-refractivity contribution in [3.8, 4) is 0 Å². The Labute approximate surface area is 128 Å². The highest BCUT2D eigenvalue weighted by atomic mass is 35.5. The summed E-state index contributed by atoms with van der Waals surface area (Å²) in [6.07, 6.45) is 0.720. The number of rotatable bonds is 6. The van der Waals surface area contributed by atoms with Crippen LogP contribution in [0.2, 0.25) is 0 Å². The van der Waals surface area contributed by atoms with E-state index in [2.05, 4.69) is 5.32 Å². The molecule has 1 amide bonds. The van der Waals surface area contributed by atoms with Gasteiger partial charge in [-0.15, -0.1) is 22.9 Å². The lowest BCUT2D eigenvalue weighted by molar-refractivity contribution is -0.118. The number of thiophene rings is 1. The number of anilines is 1. The second kappa shape index (κ2) is 7.64. The van der Waals surface area contributed by atoms with Crippen molar-refractivity contribution in [1.82, 2.24) is 0 Å². The Morgan fingerprint density at radius 2 is 2.05 bits per heavy atom. The maximum atomic E-state index is 12.1. The van der Waals surface area contributed by atoms with E-state index in [1.165, 1.54) is 11.3 Å². The molecule has 0 aliphatic heterocycles. The van der Waals surface area contributed by atoms with Gasteiger partial charge in [0.25, 0.3) is 0 Å². The lowest BCUT2D eigenvalue weighted by Crippen LogP contribution is -2.22. The third kappa shape index (κ3) is 3.73. The molecule has 1 rings (SSSR count). The number of alkyl halides is 1. The fraction of sp³-hybridized carbons (Fsp3) is 0.571. The summed E-state index contributed by atoms with van der Waals surface area (Å²) in [6.45, 7) is 7.73. The quantitative estimate of drug-likeness (QED) is 0.644. The molecule has 1 aromatic heterocycles. The zero-order chi connectivity index (χ0) is 15.3. The normalized spacial score (nSPS) is 12.1. The van der Waals surface area contributed by atoms with Crippen molar-refractivity contribution in [2.45, 2.75) is 34.1 Å². The molecule has 20 heavy (non-hydrogen) atoms. The predicted octanol–water partition coefficient (Wildman–Crippen LogP) is 3.61. The molecule has 112 valence electrons. The number of carbonyl (C=O) groups is 2. The first-order chi connectivity index (χ1) is 9.46. The Hall–Kier alpha value is -1.07.